The van der Waals surface area contributed by atoms with Gasteiger partial charge < -0.3 is 19.0 Å². The molecule has 8 nitrogen and oxygen atoms in total. The van der Waals surface area contributed by atoms with Gasteiger partial charge >= 0.3 is 5.97 Å². The van der Waals surface area contributed by atoms with Crippen molar-refractivity contribution in [2.45, 2.75) is 55.4 Å². The van der Waals surface area contributed by atoms with Crippen molar-refractivity contribution in [2.24, 2.45) is 5.92 Å². The molecule has 3 aromatic rings. The number of imidazole rings is 1. The van der Waals surface area contributed by atoms with Crippen LogP contribution in [-0.2, 0) is 31.3 Å². The van der Waals surface area contributed by atoms with E-state index in [-0.39, 0.29) is 20.9 Å². The Balaban J connectivity index is 1.75. The van der Waals surface area contributed by atoms with Crippen LogP contribution in [0.2, 0.25) is 0 Å². The zero-order valence-electron chi connectivity index (χ0n) is 18.8. The van der Waals surface area contributed by atoms with Crippen molar-refractivity contribution in [2.75, 3.05) is 20.3 Å². The summed E-state index contributed by atoms with van der Waals surface area (Å²) in [5, 5.41) is 0. The number of carbonyl (C=O) groups excluding carboxylic acids is 1. The third-order valence-corrected chi connectivity index (χ3v) is 7.59. The van der Waals surface area contributed by atoms with E-state index in [1.54, 1.807) is 12.1 Å². The van der Waals surface area contributed by atoms with Gasteiger partial charge in [0, 0.05) is 31.4 Å². The lowest BCUT2D eigenvalue weighted by atomic mass is 9.94. The minimum atomic E-state index is -3.82. The van der Waals surface area contributed by atoms with E-state index in [4.69, 9.17) is 9.72 Å². The number of rotatable bonds is 5. The quantitative estimate of drug-likeness (QED) is 0.584. The summed E-state index contributed by atoms with van der Waals surface area (Å²) in [4.78, 5) is 19.4. The normalized spacial score (nSPS) is 15.9. The second-order valence-electron chi connectivity index (χ2n) is 9.25. The van der Waals surface area contributed by atoms with Gasteiger partial charge in [0.05, 0.1) is 27.9 Å². The number of esters is 1. The fourth-order valence-corrected chi connectivity index (χ4v) is 5.39. The first kappa shape index (κ1) is 22.5. The molecule has 0 atom stereocenters. The van der Waals surface area contributed by atoms with Crippen LogP contribution in [0.25, 0.3) is 11.0 Å². The van der Waals surface area contributed by atoms with Gasteiger partial charge in [0.1, 0.15) is 11.5 Å². The largest absolute Gasteiger partial charge is 0.464 e. The van der Waals surface area contributed by atoms with Crippen molar-refractivity contribution in [3.05, 3.63) is 42.0 Å². The Morgan fingerprint density at radius 2 is 1.94 bits per heavy atom. The number of methoxy groups -OCH3 is 1. The average molecular weight is 460 g/mol. The topological polar surface area (TPSA) is 103 Å². The monoisotopic (exact) mass is 459 g/mol. The lowest BCUT2D eigenvalue weighted by Crippen LogP contribution is -2.25. The highest BCUT2D eigenvalue weighted by Crippen LogP contribution is 2.31. The molecule has 1 saturated heterocycles. The summed E-state index contributed by atoms with van der Waals surface area (Å²) in [7, 11) is -2.58. The van der Waals surface area contributed by atoms with E-state index < -0.39 is 15.8 Å². The number of sulfone groups is 1. The van der Waals surface area contributed by atoms with Crippen molar-refractivity contribution in [3.63, 3.8) is 0 Å². The maximum absolute atomic E-state index is 13.2. The van der Waals surface area contributed by atoms with Crippen molar-refractivity contribution in [1.82, 2.24) is 14.5 Å². The predicted molar refractivity (Wildman–Crippen MR) is 120 cm³/mol. The number of nitrogens with one attached hydrogen (secondary N) is 1. The molecule has 1 N–H and O–H groups in total. The van der Waals surface area contributed by atoms with Crippen molar-refractivity contribution in [1.29, 1.82) is 0 Å². The van der Waals surface area contributed by atoms with Gasteiger partial charge in [-0.1, -0.05) is 20.8 Å². The molecule has 0 amide bonds. The van der Waals surface area contributed by atoms with Crippen molar-refractivity contribution < 1.29 is 22.7 Å². The molecule has 0 unspecified atom stereocenters. The molecule has 0 spiro atoms. The maximum atomic E-state index is 13.2. The SMILES string of the molecule is COC(=O)c1cc(S(=O)(=O)c2ccc3c(c2)nc(C(C)(C)C)n3CC2CCOCC2)c[nH]1. The Morgan fingerprint density at radius 3 is 2.59 bits per heavy atom. The number of hydrogen-bond acceptors (Lipinski definition) is 6. The van der Waals surface area contributed by atoms with Crippen LogP contribution in [0.4, 0.5) is 0 Å². The van der Waals surface area contributed by atoms with Gasteiger partial charge in [-0.2, -0.15) is 0 Å². The summed E-state index contributed by atoms with van der Waals surface area (Å²) in [6.45, 7) is 8.71. The van der Waals surface area contributed by atoms with Crippen LogP contribution < -0.4 is 0 Å². The first-order valence-corrected chi connectivity index (χ1v) is 12.2. The van der Waals surface area contributed by atoms with Gasteiger partial charge in [-0.15, -0.1) is 0 Å². The van der Waals surface area contributed by atoms with Crippen LogP contribution in [0.5, 0.6) is 0 Å². The number of hydrogen-bond donors (Lipinski definition) is 1. The fourth-order valence-electron chi connectivity index (χ4n) is 4.11. The number of H-pyrrole nitrogens is 1. The highest BCUT2D eigenvalue weighted by molar-refractivity contribution is 7.91. The summed E-state index contributed by atoms with van der Waals surface area (Å²) < 4.78 is 38.8. The zero-order valence-corrected chi connectivity index (χ0v) is 19.7. The van der Waals surface area contributed by atoms with Gasteiger partial charge in [0.2, 0.25) is 9.84 Å². The summed E-state index contributed by atoms with van der Waals surface area (Å²) in [6, 6.07) is 6.34. The van der Waals surface area contributed by atoms with Gasteiger partial charge in [0.25, 0.3) is 0 Å². The number of aromatic nitrogens is 3. The standard InChI is InChI=1S/C23H29N3O5S/c1-23(2,3)22-25-18-11-16(32(28,29)17-12-19(24-13-17)21(27)30-4)5-6-20(18)26(22)14-15-7-9-31-10-8-15/h5-6,11-13,15,24H,7-10,14H2,1-4H3. The Morgan fingerprint density at radius 1 is 1.22 bits per heavy atom. The van der Waals surface area contributed by atoms with Crippen LogP contribution in [0.3, 0.4) is 0 Å². The van der Waals surface area contributed by atoms with E-state index in [1.807, 2.05) is 6.07 Å². The molecule has 4 rings (SSSR count). The number of carbonyl (C=O) groups is 1. The molecule has 1 aromatic carbocycles. The Hall–Kier alpha value is -2.65. The minimum absolute atomic E-state index is 0.00920. The number of fused-ring (bicyclic) bond motifs is 1. The summed E-state index contributed by atoms with van der Waals surface area (Å²) in [6.07, 6.45) is 3.31. The summed E-state index contributed by atoms with van der Waals surface area (Å²) >= 11 is 0. The van der Waals surface area contributed by atoms with Crippen LogP contribution in [0.1, 0.15) is 49.9 Å². The number of ether oxygens (including phenoxy) is 2. The molecule has 172 valence electrons. The molecule has 0 radical (unpaired) electrons. The molecule has 9 heteroatoms. The van der Waals surface area contributed by atoms with E-state index in [1.165, 1.54) is 19.4 Å². The van der Waals surface area contributed by atoms with E-state index >= 15 is 0 Å². The van der Waals surface area contributed by atoms with E-state index in [0.717, 1.165) is 43.9 Å². The minimum Gasteiger partial charge on any atom is -0.464 e. The Bertz CT molecular complexity index is 1240. The second kappa shape index (κ2) is 8.37. The molecule has 32 heavy (non-hydrogen) atoms. The first-order valence-electron chi connectivity index (χ1n) is 10.7. The van der Waals surface area contributed by atoms with Crippen LogP contribution in [0, 0.1) is 5.92 Å². The summed E-state index contributed by atoms with van der Waals surface area (Å²) in [5.41, 5.74) is 1.46. The second-order valence-corrected chi connectivity index (χ2v) is 11.2. The van der Waals surface area contributed by atoms with Gasteiger partial charge in [0.15, 0.2) is 0 Å². The smallest absolute Gasteiger partial charge is 0.354 e. The number of benzene rings is 1. The lowest BCUT2D eigenvalue weighted by molar-refractivity contribution is 0.0594. The molecule has 2 aromatic heterocycles. The molecular weight excluding hydrogens is 430 g/mol. The highest BCUT2D eigenvalue weighted by Gasteiger charge is 2.27. The van der Waals surface area contributed by atoms with Gasteiger partial charge in [-0.3, -0.25) is 0 Å². The number of aromatic amines is 1. The molecule has 0 aliphatic carbocycles. The third-order valence-electron chi connectivity index (χ3n) is 5.85. The van der Waals surface area contributed by atoms with E-state index in [2.05, 4.69) is 35.1 Å². The van der Waals surface area contributed by atoms with Crippen molar-refractivity contribution >= 4 is 26.8 Å². The Labute approximate surface area is 187 Å². The third kappa shape index (κ3) is 4.19. The van der Waals surface area contributed by atoms with Crippen LogP contribution in [0.15, 0.2) is 40.3 Å². The zero-order chi connectivity index (χ0) is 23.1. The van der Waals surface area contributed by atoms with Crippen molar-refractivity contribution in [3.8, 4) is 0 Å². The molecular formula is C23H29N3O5S. The molecule has 3 heterocycles. The maximum Gasteiger partial charge on any atom is 0.354 e. The van der Waals surface area contributed by atoms with E-state index in [0.29, 0.717) is 11.4 Å². The van der Waals surface area contributed by atoms with Gasteiger partial charge in [-0.25, -0.2) is 18.2 Å². The van der Waals surface area contributed by atoms with E-state index in [9.17, 15) is 13.2 Å². The Kier molecular flexibility index (Phi) is 5.89. The molecule has 1 fully saturated rings. The van der Waals surface area contributed by atoms with Gasteiger partial charge in [-0.05, 0) is 43.0 Å². The lowest BCUT2D eigenvalue weighted by Gasteiger charge is -2.26. The average Bonchev–Trinajstić information content (AvgIpc) is 3.39. The van der Waals surface area contributed by atoms with Crippen LogP contribution >= 0.6 is 0 Å². The number of nitrogens with zero attached hydrogens (tertiary/aromatic N) is 2. The molecule has 0 bridgehead atoms. The fraction of sp³-hybridized carbons (Fsp3) is 0.478. The van der Waals surface area contributed by atoms with Crippen LogP contribution in [-0.4, -0.2) is 49.2 Å². The molecule has 0 saturated carbocycles. The summed E-state index contributed by atoms with van der Waals surface area (Å²) in [5.74, 6) is 0.814. The predicted octanol–water partition coefficient (Wildman–Crippen LogP) is 3.71. The molecule has 1 aliphatic heterocycles. The highest BCUT2D eigenvalue weighted by atomic mass is 32.2. The first-order chi connectivity index (χ1) is 15.1. The molecule has 1 aliphatic rings.